The average Bonchev–Trinajstić information content (AvgIpc) is 1.68. The molecule has 0 saturated heterocycles. The number of hydrogen-bond acceptors (Lipinski definition) is 2. The normalized spacial score (nSPS) is 11.3. The lowest BCUT2D eigenvalue weighted by Gasteiger charge is -1.82. The van der Waals surface area contributed by atoms with E-state index in [1.807, 2.05) is 6.26 Å². The van der Waals surface area contributed by atoms with E-state index in [-0.39, 0.29) is 5.76 Å². The van der Waals surface area contributed by atoms with E-state index in [1.165, 1.54) is 17.8 Å². The van der Waals surface area contributed by atoms with Gasteiger partial charge >= 0.3 is 0 Å². The second-order valence-corrected chi connectivity index (χ2v) is 1.69. The molecular formula is C5H8OS. The van der Waals surface area contributed by atoms with Crippen molar-refractivity contribution in [2.45, 2.75) is 0 Å². The first-order valence-corrected chi connectivity index (χ1v) is 3.14. The van der Waals surface area contributed by atoms with Crippen LogP contribution in [0.2, 0.25) is 0 Å². The van der Waals surface area contributed by atoms with Crippen LogP contribution < -0.4 is 0 Å². The summed E-state index contributed by atoms with van der Waals surface area (Å²) < 4.78 is 0. The van der Waals surface area contributed by atoms with E-state index in [2.05, 4.69) is 6.58 Å². The van der Waals surface area contributed by atoms with E-state index in [0.29, 0.717) is 0 Å². The number of thioether (sulfide) groups is 1. The SMILES string of the molecule is C=C/C(O)=C\SC. The van der Waals surface area contributed by atoms with Gasteiger partial charge in [-0.2, -0.15) is 0 Å². The van der Waals surface area contributed by atoms with Gasteiger partial charge in [0.05, 0.1) is 0 Å². The number of allylic oxidation sites excluding steroid dienone is 1. The number of aliphatic hydroxyl groups is 1. The monoisotopic (exact) mass is 116 g/mol. The molecule has 0 aromatic carbocycles. The summed E-state index contributed by atoms with van der Waals surface area (Å²) in [5.41, 5.74) is 0. The Morgan fingerprint density at radius 2 is 2.43 bits per heavy atom. The van der Waals surface area contributed by atoms with Gasteiger partial charge in [-0.25, -0.2) is 0 Å². The van der Waals surface area contributed by atoms with Gasteiger partial charge in [-0.05, 0) is 12.3 Å². The van der Waals surface area contributed by atoms with Crippen LogP contribution in [0.15, 0.2) is 23.8 Å². The van der Waals surface area contributed by atoms with Crippen molar-refractivity contribution in [2.24, 2.45) is 0 Å². The molecule has 2 heteroatoms. The van der Waals surface area contributed by atoms with Gasteiger partial charge in [-0.3, -0.25) is 0 Å². The maximum atomic E-state index is 8.58. The minimum atomic E-state index is 0.229. The van der Waals surface area contributed by atoms with Crippen molar-refractivity contribution in [1.82, 2.24) is 0 Å². The molecule has 0 heterocycles. The Balaban J connectivity index is 3.49. The van der Waals surface area contributed by atoms with E-state index in [9.17, 15) is 0 Å². The molecule has 0 radical (unpaired) electrons. The lowest BCUT2D eigenvalue weighted by molar-refractivity contribution is 0.434. The quantitative estimate of drug-likeness (QED) is 0.439. The van der Waals surface area contributed by atoms with Crippen molar-refractivity contribution >= 4 is 11.8 Å². The Morgan fingerprint density at radius 3 is 2.57 bits per heavy atom. The molecule has 0 spiro atoms. The van der Waals surface area contributed by atoms with E-state index < -0.39 is 0 Å². The fourth-order valence-corrected chi connectivity index (χ4v) is 0.507. The van der Waals surface area contributed by atoms with Gasteiger partial charge in [0.25, 0.3) is 0 Å². The first-order chi connectivity index (χ1) is 3.31. The zero-order chi connectivity index (χ0) is 5.70. The highest BCUT2D eigenvalue weighted by atomic mass is 32.2. The molecule has 7 heavy (non-hydrogen) atoms. The maximum Gasteiger partial charge on any atom is 0.121 e. The van der Waals surface area contributed by atoms with Crippen LogP contribution in [0.5, 0.6) is 0 Å². The molecular weight excluding hydrogens is 108 g/mol. The molecule has 0 amide bonds. The molecule has 0 aliphatic carbocycles. The lowest BCUT2D eigenvalue weighted by Crippen LogP contribution is -1.65. The average molecular weight is 116 g/mol. The first kappa shape index (κ1) is 6.63. The molecule has 0 aliphatic rings. The van der Waals surface area contributed by atoms with Crippen molar-refractivity contribution in [3.05, 3.63) is 23.8 Å². The Kier molecular flexibility index (Phi) is 3.61. The smallest absolute Gasteiger partial charge is 0.121 e. The van der Waals surface area contributed by atoms with E-state index >= 15 is 0 Å². The Labute approximate surface area is 47.7 Å². The molecule has 0 aromatic rings. The van der Waals surface area contributed by atoms with Gasteiger partial charge in [0.1, 0.15) is 5.76 Å². The molecule has 0 fully saturated rings. The van der Waals surface area contributed by atoms with Crippen LogP contribution in [0.1, 0.15) is 0 Å². The fourth-order valence-electron chi connectivity index (χ4n) is 0.169. The van der Waals surface area contributed by atoms with E-state index in [0.717, 1.165) is 0 Å². The third-order valence-corrected chi connectivity index (χ3v) is 0.925. The predicted molar refractivity (Wildman–Crippen MR) is 34.4 cm³/mol. The van der Waals surface area contributed by atoms with Crippen LogP contribution in [0.3, 0.4) is 0 Å². The molecule has 0 saturated carbocycles. The van der Waals surface area contributed by atoms with Gasteiger partial charge in [0.2, 0.25) is 0 Å². The predicted octanol–water partition coefficient (Wildman–Crippen LogP) is 1.93. The number of rotatable bonds is 2. The Hall–Kier alpha value is -0.370. The number of aliphatic hydroxyl groups excluding tert-OH is 1. The van der Waals surface area contributed by atoms with Gasteiger partial charge in [0.15, 0.2) is 0 Å². The zero-order valence-electron chi connectivity index (χ0n) is 4.22. The third-order valence-electron chi connectivity index (χ3n) is 0.448. The zero-order valence-corrected chi connectivity index (χ0v) is 5.03. The van der Waals surface area contributed by atoms with Crippen LogP contribution in [0, 0.1) is 0 Å². The summed E-state index contributed by atoms with van der Waals surface area (Å²) in [6.45, 7) is 3.35. The molecule has 0 atom stereocenters. The summed E-state index contributed by atoms with van der Waals surface area (Å²) in [4.78, 5) is 0. The van der Waals surface area contributed by atoms with Crippen LogP contribution in [-0.2, 0) is 0 Å². The van der Waals surface area contributed by atoms with Crippen LogP contribution in [0.25, 0.3) is 0 Å². The molecule has 1 nitrogen and oxygen atoms in total. The minimum Gasteiger partial charge on any atom is -0.507 e. The molecule has 0 rings (SSSR count). The van der Waals surface area contributed by atoms with Crippen molar-refractivity contribution in [3.8, 4) is 0 Å². The van der Waals surface area contributed by atoms with Crippen molar-refractivity contribution < 1.29 is 5.11 Å². The Bertz CT molecular complexity index is 86.1. The highest BCUT2D eigenvalue weighted by Gasteiger charge is 1.75. The van der Waals surface area contributed by atoms with Gasteiger partial charge in [0, 0.05) is 5.41 Å². The molecule has 0 unspecified atom stereocenters. The molecule has 0 aromatic heterocycles. The van der Waals surface area contributed by atoms with Crippen molar-refractivity contribution in [2.75, 3.05) is 6.26 Å². The third kappa shape index (κ3) is 3.46. The van der Waals surface area contributed by atoms with Crippen LogP contribution >= 0.6 is 11.8 Å². The molecule has 0 bridgehead atoms. The Morgan fingerprint density at radius 1 is 1.86 bits per heavy atom. The molecule has 40 valence electrons. The van der Waals surface area contributed by atoms with E-state index in [1.54, 1.807) is 5.41 Å². The first-order valence-electron chi connectivity index (χ1n) is 1.85. The minimum absolute atomic E-state index is 0.229. The second kappa shape index (κ2) is 3.81. The van der Waals surface area contributed by atoms with Gasteiger partial charge < -0.3 is 5.11 Å². The summed E-state index contributed by atoms with van der Waals surface area (Å²) in [5, 5.41) is 10.2. The fraction of sp³-hybridized carbons (Fsp3) is 0.200. The van der Waals surface area contributed by atoms with E-state index in [4.69, 9.17) is 5.11 Å². The van der Waals surface area contributed by atoms with Gasteiger partial charge in [-0.1, -0.05) is 6.58 Å². The summed E-state index contributed by atoms with van der Waals surface area (Å²) >= 11 is 1.45. The standard InChI is InChI=1S/C5H8OS/c1-3-5(6)4-7-2/h3-4,6H,1H2,2H3/b5-4+. The molecule has 1 N–H and O–H groups in total. The van der Waals surface area contributed by atoms with Crippen molar-refractivity contribution in [1.29, 1.82) is 0 Å². The summed E-state index contributed by atoms with van der Waals surface area (Å²) in [7, 11) is 0. The number of hydrogen-bond donors (Lipinski definition) is 1. The summed E-state index contributed by atoms with van der Waals surface area (Å²) in [5.74, 6) is 0.229. The highest BCUT2D eigenvalue weighted by Crippen LogP contribution is 1.98. The van der Waals surface area contributed by atoms with Crippen LogP contribution in [0.4, 0.5) is 0 Å². The topological polar surface area (TPSA) is 20.2 Å². The lowest BCUT2D eigenvalue weighted by atomic mass is 10.6. The maximum absolute atomic E-state index is 8.58. The summed E-state index contributed by atoms with van der Waals surface area (Å²) in [6.07, 6.45) is 3.27. The highest BCUT2D eigenvalue weighted by molar-refractivity contribution is 8.01. The van der Waals surface area contributed by atoms with Gasteiger partial charge in [-0.15, -0.1) is 11.8 Å². The second-order valence-electron chi connectivity index (χ2n) is 0.983. The molecule has 0 aliphatic heterocycles. The van der Waals surface area contributed by atoms with Crippen LogP contribution in [-0.4, -0.2) is 11.4 Å². The largest absolute Gasteiger partial charge is 0.507 e. The van der Waals surface area contributed by atoms with Crippen molar-refractivity contribution in [3.63, 3.8) is 0 Å². The summed E-state index contributed by atoms with van der Waals surface area (Å²) in [6, 6.07) is 0.